The Morgan fingerprint density at radius 2 is 2.00 bits per heavy atom. The highest BCUT2D eigenvalue weighted by atomic mass is 32.1. The number of benzene rings is 1. The molecule has 94 valence electrons. The largest absolute Gasteiger partial charge is 0.382 e. The first-order valence-corrected chi connectivity index (χ1v) is 6.19. The molecule has 0 aliphatic carbocycles. The van der Waals surface area contributed by atoms with Gasteiger partial charge in [-0.3, -0.25) is 4.79 Å². The van der Waals surface area contributed by atoms with E-state index in [2.05, 4.69) is 10.3 Å². The third-order valence-electron chi connectivity index (χ3n) is 2.26. The second-order valence-corrected chi connectivity index (χ2v) is 4.90. The Bertz CT molecular complexity index is 550. The van der Waals surface area contributed by atoms with Crippen LogP contribution >= 0.6 is 11.3 Å². The highest BCUT2D eigenvalue weighted by molar-refractivity contribution is 7.18. The van der Waals surface area contributed by atoms with Gasteiger partial charge in [0.05, 0.1) is 0 Å². The van der Waals surface area contributed by atoms with Crippen molar-refractivity contribution < 1.29 is 4.79 Å². The maximum absolute atomic E-state index is 12.0. The molecule has 0 saturated heterocycles. The first-order chi connectivity index (χ1) is 8.58. The number of carbonyl (C=O) groups excluding carboxylic acids is 1. The predicted molar refractivity (Wildman–Crippen MR) is 75.2 cm³/mol. The van der Waals surface area contributed by atoms with Crippen LogP contribution in [0.25, 0.3) is 0 Å². The number of thiazole rings is 1. The molecule has 0 spiro atoms. The van der Waals surface area contributed by atoms with Crippen molar-refractivity contribution in [3.63, 3.8) is 0 Å². The second kappa shape index (κ2) is 5.05. The minimum atomic E-state index is -0.232. The number of nitrogens with two attached hydrogens (primary N) is 1. The summed E-state index contributed by atoms with van der Waals surface area (Å²) in [5.41, 5.74) is 6.48. The molecule has 1 aromatic heterocycles. The normalized spacial score (nSPS) is 10.1. The first-order valence-electron chi connectivity index (χ1n) is 5.38. The maximum Gasteiger partial charge on any atom is 0.269 e. The lowest BCUT2D eigenvalue weighted by molar-refractivity contribution is 0.103. The van der Waals surface area contributed by atoms with Gasteiger partial charge in [-0.05, 0) is 12.1 Å². The van der Waals surface area contributed by atoms with Gasteiger partial charge in [0.25, 0.3) is 5.91 Å². The van der Waals surface area contributed by atoms with Crippen LogP contribution in [0.1, 0.15) is 9.67 Å². The van der Waals surface area contributed by atoms with Crippen molar-refractivity contribution in [2.75, 3.05) is 30.0 Å². The summed E-state index contributed by atoms with van der Waals surface area (Å²) < 4.78 is 0. The standard InChI is InChI=1S/C12H14N4OS/c1-16(2)12-15-10(13)9(18-12)11(17)14-8-6-4-3-5-7-8/h3-7H,13H2,1-2H3,(H,14,17). The molecule has 6 heteroatoms. The molecule has 3 N–H and O–H groups in total. The van der Waals surface area contributed by atoms with Crippen LogP contribution in [-0.2, 0) is 0 Å². The van der Waals surface area contributed by atoms with Gasteiger partial charge in [-0.25, -0.2) is 4.98 Å². The number of nitrogens with zero attached hydrogens (tertiary/aromatic N) is 2. The van der Waals surface area contributed by atoms with E-state index in [1.54, 1.807) is 0 Å². The zero-order valence-corrected chi connectivity index (χ0v) is 11.0. The number of carbonyl (C=O) groups is 1. The zero-order chi connectivity index (χ0) is 13.1. The van der Waals surface area contributed by atoms with E-state index in [9.17, 15) is 4.79 Å². The fourth-order valence-electron chi connectivity index (χ4n) is 1.38. The molecule has 1 amide bonds. The van der Waals surface area contributed by atoms with Gasteiger partial charge in [-0.2, -0.15) is 0 Å². The Labute approximate surface area is 109 Å². The van der Waals surface area contributed by atoms with E-state index in [1.165, 1.54) is 11.3 Å². The molecule has 0 aliphatic rings. The van der Waals surface area contributed by atoms with Gasteiger partial charge in [0, 0.05) is 19.8 Å². The molecule has 1 aromatic carbocycles. The molecule has 0 radical (unpaired) electrons. The lowest BCUT2D eigenvalue weighted by atomic mass is 10.3. The molecular weight excluding hydrogens is 248 g/mol. The van der Waals surface area contributed by atoms with Crippen molar-refractivity contribution >= 4 is 33.9 Å². The van der Waals surface area contributed by atoms with E-state index >= 15 is 0 Å². The molecule has 2 rings (SSSR count). The third kappa shape index (κ3) is 2.60. The quantitative estimate of drug-likeness (QED) is 0.888. The highest BCUT2D eigenvalue weighted by Crippen LogP contribution is 2.27. The monoisotopic (exact) mass is 262 g/mol. The van der Waals surface area contributed by atoms with Gasteiger partial charge in [0.15, 0.2) is 5.13 Å². The van der Waals surface area contributed by atoms with Crippen molar-refractivity contribution in [3.05, 3.63) is 35.2 Å². The van der Waals surface area contributed by atoms with Crippen molar-refractivity contribution in [3.8, 4) is 0 Å². The second-order valence-electron chi connectivity index (χ2n) is 3.93. The van der Waals surface area contributed by atoms with E-state index in [4.69, 9.17) is 5.73 Å². The molecule has 0 fully saturated rings. The number of rotatable bonds is 3. The van der Waals surface area contributed by atoms with Gasteiger partial charge >= 0.3 is 0 Å². The Balaban J connectivity index is 2.19. The smallest absolute Gasteiger partial charge is 0.269 e. The van der Waals surface area contributed by atoms with E-state index in [-0.39, 0.29) is 11.7 Å². The lowest BCUT2D eigenvalue weighted by Crippen LogP contribution is -2.11. The van der Waals surface area contributed by atoms with Crippen LogP contribution in [0.3, 0.4) is 0 Å². The molecule has 0 saturated carbocycles. The summed E-state index contributed by atoms with van der Waals surface area (Å²) in [6.07, 6.45) is 0. The Kier molecular flexibility index (Phi) is 3.47. The average molecular weight is 262 g/mol. The van der Waals surface area contributed by atoms with Crippen LogP contribution in [0, 0.1) is 0 Å². The fourth-order valence-corrected chi connectivity index (χ4v) is 2.19. The summed E-state index contributed by atoms with van der Waals surface area (Å²) in [5, 5.41) is 3.50. The van der Waals surface area contributed by atoms with Crippen LogP contribution in [0.5, 0.6) is 0 Å². The fraction of sp³-hybridized carbons (Fsp3) is 0.167. The van der Waals surface area contributed by atoms with Gasteiger partial charge < -0.3 is 16.0 Å². The first kappa shape index (κ1) is 12.4. The Hall–Kier alpha value is -2.08. The van der Waals surface area contributed by atoms with Gasteiger partial charge in [-0.15, -0.1) is 0 Å². The Morgan fingerprint density at radius 3 is 2.56 bits per heavy atom. The van der Waals surface area contributed by atoms with Gasteiger partial charge in [0.1, 0.15) is 10.7 Å². The SMILES string of the molecule is CN(C)c1nc(N)c(C(=O)Nc2ccccc2)s1. The minimum Gasteiger partial charge on any atom is -0.382 e. The summed E-state index contributed by atoms with van der Waals surface area (Å²) in [7, 11) is 3.72. The topological polar surface area (TPSA) is 71.2 Å². The van der Waals surface area contributed by atoms with Crippen molar-refractivity contribution in [1.29, 1.82) is 0 Å². The van der Waals surface area contributed by atoms with Crippen LogP contribution < -0.4 is 16.0 Å². The number of nitrogens with one attached hydrogen (secondary N) is 1. The van der Waals surface area contributed by atoms with E-state index in [0.717, 1.165) is 5.69 Å². The molecule has 1 heterocycles. The van der Waals surface area contributed by atoms with Gasteiger partial charge in [-0.1, -0.05) is 29.5 Å². The van der Waals surface area contributed by atoms with Crippen LogP contribution in [-0.4, -0.2) is 25.0 Å². The van der Waals surface area contributed by atoms with Crippen LogP contribution in [0.15, 0.2) is 30.3 Å². The third-order valence-corrected chi connectivity index (χ3v) is 3.50. The number of aromatic nitrogens is 1. The molecular formula is C12H14N4OS. The van der Waals surface area contributed by atoms with E-state index < -0.39 is 0 Å². The number of amides is 1. The maximum atomic E-state index is 12.0. The van der Waals surface area contributed by atoms with Crippen molar-refractivity contribution in [2.45, 2.75) is 0 Å². The van der Waals surface area contributed by atoms with Crippen molar-refractivity contribution in [2.24, 2.45) is 0 Å². The minimum absolute atomic E-state index is 0.232. The molecule has 0 unspecified atom stereocenters. The number of hydrogen-bond donors (Lipinski definition) is 2. The number of nitrogen functional groups attached to an aromatic ring is 1. The van der Waals surface area contributed by atoms with Crippen LogP contribution in [0.4, 0.5) is 16.6 Å². The molecule has 0 atom stereocenters. The number of anilines is 3. The summed E-state index contributed by atoms with van der Waals surface area (Å²) in [6, 6.07) is 9.25. The van der Waals surface area contributed by atoms with Crippen LogP contribution in [0.2, 0.25) is 0 Å². The number of para-hydroxylation sites is 1. The molecule has 0 aliphatic heterocycles. The average Bonchev–Trinajstić information content (AvgIpc) is 2.73. The molecule has 18 heavy (non-hydrogen) atoms. The van der Waals surface area contributed by atoms with E-state index in [1.807, 2.05) is 49.3 Å². The molecule has 0 bridgehead atoms. The highest BCUT2D eigenvalue weighted by Gasteiger charge is 2.17. The van der Waals surface area contributed by atoms with Gasteiger partial charge in [0.2, 0.25) is 0 Å². The summed E-state index contributed by atoms with van der Waals surface area (Å²) >= 11 is 1.27. The summed E-state index contributed by atoms with van der Waals surface area (Å²) in [6.45, 7) is 0. The number of hydrogen-bond acceptors (Lipinski definition) is 5. The Morgan fingerprint density at radius 1 is 1.33 bits per heavy atom. The molecule has 5 nitrogen and oxygen atoms in total. The van der Waals surface area contributed by atoms with E-state index in [0.29, 0.717) is 10.0 Å². The summed E-state index contributed by atoms with van der Waals surface area (Å²) in [4.78, 5) is 18.4. The zero-order valence-electron chi connectivity index (χ0n) is 10.2. The van der Waals surface area contributed by atoms with Crippen molar-refractivity contribution in [1.82, 2.24) is 4.98 Å². The lowest BCUT2D eigenvalue weighted by Gasteiger charge is -2.05. The summed E-state index contributed by atoms with van der Waals surface area (Å²) in [5.74, 6) is 0.0291. The predicted octanol–water partition coefficient (Wildman–Crippen LogP) is 2.04. The molecule has 2 aromatic rings.